The topological polar surface area (TPSA) is 67.9 Å². The molecule has 2 aromatic carbocycles. The Kier molecular flexibility index (Phi) is 7.22. The Labute approximate surface area is 168 Å². The fraction of sp³-hybridized carbons (Fsp3) is 0.333. The highest BCUT2D eigenvalue weighted by Crippen LogP contribution is 2.36. The number of benzene rings is 2. The van der Waals surface area contributed by atoms with E-state index in [9.17, 15) is 17.2 Å². The van der Waals surface area contributed by atoms with Crippen molar-refractivity contribution in [2.75, 3.05) is 33.9 Å². The Hall–Kier alpha value is -1.94. The first-order valence-corrected chi connectivity index (χ1v) is 9.72. The summed E-state index contributed by atoms with van der Waals surface area (Å²) < 4.78 is 65.9. The number of rotatable bonds is 5. The number of hydrogen-bond acceptors (Lipinski definition) is 5. The molecule has 1 saturated heterocycles. The van der Waals surface area contributed by atoms with Gasteiger partial charge in [0.2, 0.25) is 10.0 Å². The second-order valence-electron chi connectivity index (χ2n) is 6.03. The van der Waals surface area contributed by atoms with Crippen molar-refractivity contribution >= 4 is 22.4 Å². The van der Waals surface area contributed by atoms with E-state index in [4.69, 9.17) is 9.47 Å². The third-order valence-corrected chi connectivity index (χ3v) is 6.38. The zero-order valence-electron chi connectivity index (χ0n) is 15.3. The molecule has 0 radical (unpaired) electrons. The van der Waals surface area contributed by atoms with Gasteiger partial charge >= 0.3 is 0 Å². The Morgan fingerprint density at radius 2 is 1.79 bits per heavy atom. The van der Waals surface area contributed by atoms with Crippen molar-refractivity contribution in [3.63, 3.8) is 0 Å². The van der Waals surface area contributed by atoms with Gasteiger partial charge in [0, 0.05) is 31.8 Å². The lowest BCUT2D eigenvalue weighted by Gasteiger charge is -2.35. The first kappa shape index (κ1) is 22.4. The lowest BCUT2D eigenvalue weighted by atomic mass is 10.1. The number of nitrogens with one attached hydrogen (secondary N) is 1. The van der Waals surface area contributed by atoms with E-state index in [1.807, 2.05) is 0 Å². The molecule has 1 unspecified atom stereocenters. The molecule has 1 N–H and O–H groups in total. The van der Waals surface area contributed by atoms with Gasteiger partial charge in [-0.05, 0) is 17.7 Å². The molecule has 0 aliphatic carbocycles. The highest BCUT2D eigenvalue weighted by Gasteiger charge is 2.36. The quantitative estimate of drug-likeness (QED) is 0.783. The van der Waals surface area contributed by atoms with Crippen molar-refractivity contribution in [1.29, 1.82) is 0 Å². The van der Waals surface area contributed by atoms with Crippen LogP contribution in [0.1, 0.15) is 11.6 Å². The van der Waals surface area contributed by atoms with Gasteiger partial charge in [0.25, 0.3) is 0 Å². The van der Waals surface area contributed by atoms with E-state index in [-0.39, 0.29) is 37.0 Å². The number of nitrogens with zero attached hydrogens (tertiary/aromatic N) is 1. The van der Waals surface area contributed by atoms with Crippen LogP contribution in [0.15, 0.2) is 41.3 Å². The number of ether oxygens (including phenoxy) is 2. The molecule has 154 valence electrons. The molecule has 0 amide bonds. The number of sulfonamides is 1. The molecule has 0 spiro atoms. The van der Waals surface area contributed by atoms with Crippen molar-refractivity contribution < 1.29 is 26.7 Å². The fourth-order valence-corrected chi connectivity index (χ4v) is 4.81. The smallest absolute Gasteiger partial charge is 0.246 e. The normalized spacial score (nSPS) is 17.6. The number of methoxy groups -OCH3 is 2. The van der Waals surface area contributed by atoms with E-state index >= 15 is 0 Å². The van der Waals surface area contributed by atoms with E-state index < -0.39 is 32.6 Å². The minimum Gasteiger partial charge on any atom is -0.493 e. The van der Waals surface area contributed by atoms with E-state index in [1.54, 1.807) is 6.07 Å². The molecule has 10 heteroatoms. The van der Waals surface area contributed by atoms with Crippen LogP contribution in [-0.4, -0.2) is 46.6 Å². The van der Waals surface area contributed by atoms with Crippen LogP contribution in [0.25, 0.3) is 0 Å². The second-order valence-corrected chi connectivity index (χ2v) is 7.89. The summed E-state index contributed by atoms with van der Waals surface area (Å²) in [4.78, 5) is -0.511. The lowest BCUT2D eigenvalue weighted by molar-refractivity contribution is 0.269. The molecule has 0 saturated carbocycles. The molecule has 1 heterocycles. The van der Waals surface area contributed by atoms with Crippen LogP contribution in [0.3, 0.4) is 0 Å². The fourth-order valence-electron chi connectivity index (χ4n) is 3.13. The molecule has 0 aromatic heterocycles. The van der Waals surface area contributed by atoms with Crippen molar-refractivity contribution in [3.05, 3.63) is 53.6 Å². The summed E-state index contributed by atoms with van der Waals surface area (Å²) in [5.41, 5.74) is 0.492. The zero-order chi connectivity index (χ0) is 19.6. The van der Waals surface area contributed by atoms with E-state index in [0.29, 0.717) is 12.1 Å². The van der Waals surface area contributed by atoms with Gasteiger partial charge in [0.1, 0.15) is 16.5 Å². The maximum absolute atomic E-state index is 14.6. The van der Waals surface area contributed by atoms with Crippen molar-refractivity contribution in [1.82, 2.24) is 9.62 Å². The van der Waals surface area contributed by atoms with Gasteiger partial charge in [-0.25, -0.2) is 17.2 Å². The predicted molar refractivity (Wildman–Crippen MR) is 103 cm³/mol. The van der Waals surface area contributed by atoms with Crippen LogP contribution in [-0.2, 0) is 10.0 Å². The molecule has 28 heavy (non-hydrogen) atoms. The van der Waals surface area contributed by atoms with Crippen molar-refractivity contribution in [2.45, 2.75) is 10.9 Å². The summed E-state index contributed by atoms with van der Waals surface area (Å²) >= 11 is 0. The molecular formula is C18H21ClF2N2O4S. The Bertz CT molecular complexity index is 943. The summed E-state index contributed by atoms with van der Waals surface area (Å²) in [6.45, 7) is 0.814. The Morgan fingerprint density at radius 3 is 2.43 bits per heavy atom. The molecule has 3 rings (SSSR count). The van der Waals surface area contributed by atoms with Gasteiger partial charge in [0.15, 0.2) is 11.5 Å². The van der Waals surface area contributed by atoms with E-state index in [1.165, 1.54) is 36.7 Å². The van der Waals surface area contributed by atoms with E-state index in [2.05, 4.69) is 5.32 Å². The van der Waals surface area contributed by atoms with Crippen molar-refractivity contribution in [2.24, 2.45) is 0 Å². The molecule has 1 aliphatic rings. The maximum Gasteiger partial charge on any atom is 0.246 e. The minimum atomic E-state index is -4.20. The number of hydrogen-bond donors (Lipinski definition) is 1. The number of halogens is 3. The summed E-state index contributed by atoms with van der Waals surface area (Å²) in [5.74, 6) is -1.21. The highest BCUT2D eigenvalue weighted by atomic mass is 35.5. The molecule has 1 aliphatic heterocycles. The van der Waals surface area contributed by atoms with Gasteiger partial charge in [0.05, 0.1) is 20.3 Å². The van der Waals surface area contributed by atoms with Gasteiger partial charge < -0.3 is 14.8 Å². The average molecular weight is 435 g/mol. The van der Waals surface area contributed by atoms with Crippen LogP contribution in [0.4, 0.5) is 8.78 Å². The molecule has 2 aromatic rings. The molecule has 1 fully saturated rings. The Morgan fingerprint density at radius 1 is 1.11 bits per heavy atom. The summed E-state index contributed by atoms with van der Waals surface area (Å²) in [7, 11) is -1.53. The zero-order valence-corrected chi connectivity index (χ0v) is 16.9. The molecule has 6 nitrogen and oxygen atoms in total. The molecule has 0 bridgehead atoms. The number of piperazine rings is 1. The standard InChI is InChI=1S/C18H20F2N2O4S.ClH/c1-25-16-9-14(20)18(10-17(16)26-2)27(23,24)22-7-6-21-11-15(22)12-4-3-5-13(19)8-12;/h3-5,8-10,15,21H,6-7,11H2,1-2H3;1H. The van der Waals surface area contributed by atoms with Crippen LogP contribution >= 0.6 is 12.4 Å². The van der Waals surface area contributed by atoms with Crippen LogP contribution in [0.5, 0.6) is 11.5 Å². The minimum absolute atomic E-state index is 0. The average Bonchev–Trinajstić information content (AvgIpc) is 2.67. The first-order valence-electron chi connectivity index (χ1n) is 8.28. The van der Waals surface area contributed by atoms with Crippen LogP contribution < -0.4 is 14.8 Å². The predicted octanol–water partition coefficient (Wildman–Crippen LogP) is 2.74. The largest absolute Gasteiger partial charge is 0.493 e. The van der Waals surface area contributed by atoms with Gasteiger partial charge in [-0.3, -0.25) is 0 Å². The lowest BCUT2D eigenvalue weighted by Crippen LogP contribution is -2.48. The first-order chi connectivity index (χ1) is 12.9. The third kappa shape index (κ3) is 4.22. The molecule has 1 atom stereocenters. The van der Waals surface area contributed by atoms with Gasteiger partial charge in [-0.2, -0.15) is 4.31 Å². The summed E-state index contributed by atoms with van der Waals surface area (Å²) in [5, 5.41) is 3.09. The summed E-state index contributed by atoms with van der Waals surface area (Å²) in [6, 6.07) is 7.15. The third-order valence-electron chi connectivity index (χ3n) is 4.45. The maximum atomic E-state index is 14.6. The summed E-state index contributed by atoms with van der Waals surface area (Å²) in [6.07, 6.45) is 0. The molecular weight excluding hydrogens is 414 g/mol. The van der Waals surface area contributed by atoms with Crippen LogP contribution in [0.2, 0.25) is 0 Å². The second kappa shape index (κ2) is 9.04. The SMILES string of the molecule is COc1cc(F)c(S(=O)(=O)N2CCNCC2c2cccc(F)c2)cc1OC.Cl. The monoisotopic (exact) mass is 434 g/mol. The van der Waals surface area contributed by atoms with Crippen molar-refractivity contribution in [3.8, 4) is 11.5 Å². The van der Waals surface area contributed by atoms with Gasteiger partial charge in [-0.15, -0.1) is 12.4 Å². The van der Waals surface area contributed by atoms with E-state index in [0.717, 1.165) is 12.1 Å². The van der Waals surface area contributed by atoms with Crippen LogP contribution in [0, 0.1) is 11.6 Å². The Balaban J connectivity index is 0.00000280. The highest BCUT2D eigenvalue weighted by molar-refractivity contribution is 7.89. The van der Waals surface area contributed by atoms with Gasteiger partial charge in [-0.1, -0.05) is 12.1 Å².